The van der Waals surface area contributed by atoms with Gasteiger partial charge in [-0.05, 0) is 0 Å². The van der Waals surface area contributed by atoms with Crippen LogP contribution in [-0.2, 0) is 14.3 Å². The standard InChI is InChI=1S/C8HF15O4.Na/c9-2(1(24)25,4(11,12)13)26-7(20,21)3(10,5(14,15)16)27-8(22,23)6(17,18)19;/h(H,24,25);. The molecule has 0 aliphatic carbocycles. The predicted octanol–water partition coefficient (Wildman–Crippen LogP) is 3.93. The van der Waals surface area contributed by atoms with Crippen LogP contribution in [0.1, 0.15) is 0 Å². The van der Waals surface area contributed by atoms with Crippen molar-refractivity contribution in [2.45, 2.75) is 42.5 Å². The monoisotopic (exact) mass is 469 g/mol. The van der Waals surface area contributed by atoms with Crippen molar-refractivity contribution in [1.29, 1.82) is 0 Å². The van der Waals surface area contributed by atoms with Crippen molar-refractivity contribution in [2.75, 3.05) is 0 Å². The van der Waals surface area contributed by atoms with E-state index in [1.165, 1.54) is 4.74 Å². The van der Waals surface area contributed by atoms with Gasteiger partial charge >= 0.3 is 48.4 Å². The van der Waals surface area contributed by atoms with Crippen molar-refractivity contribution in [3.05, 3.63) is 0 Å². The summed E-state index contributed by atoms with van der Waals surface area (Å²) in [6.07, 6.45) is -37.4. The zero-order chi connectivity index (χ0) is 22.5. The number of alkyl halides is 15. The van der Waals surface area contributed by atoms with Crippen LogP contribution in [0.2, 0.25) is 0 Å². The smallest absolute Gasteiger partial charge is 0.477 e. The number of ether oxygens (including phenoxy) is 2. The van der Waals surface area contributed by atoms with Gasteiger partial charge in [0.15, 0.2) is 0 Å². The van der Waals surface area contributed by atoms with Gasteiger partial charge in [-0.1, -0.05) is 0 Å². The summed E-state index contributed by atoms with van der Waals surface area (Å²) in [7, 11) is 0. The minimum atomic E-state index is -7.79. The largest absolute Gasteiger partial charge is 0.483 e. The van der Waals surface area contributed by atoms with Crippen LogP contribution >= 0.6 is 0 Å². The van der Waals surface area contributed by atoms with Gasteiger partial charge in [-0.3, -0.25) is 9.47 Å². The molecule has 0 bridgehead atoms. The number of hydrogen-bond donors (Lipinski definition) is 1. The number of hydrogen-bond acceptors (Lipinski definition) is 3. The molecule has 0 aromatic carbocycles. The number of carboxylic acid groups (broad SMARTS) is 1. The third-order valence-corrected chi connectivity index (χ3v) is 2.25. The van der Waals surface area contributed by atoms with Gasteiger partial charge in [-0.25, -0.2) is 4.79 Å². The zero-order valence-electron chi connectivity index (χ0n) is 12.3. The van der Waals surface area contributed by atoms with Gasteiger partial charge in [0.2, 0.25) is 0 Å². The van der Waals surface area contributed by atoms with Crippen molar-refractivity contribution < 1.29 is 85.2 Å². The number of halogens is 15. The molecule has 0 aromatic heterocycles. The molecule has 0 saturated heterocycles. The van der Waals surface area contributed by atoms with E-state index in [2.05, 4.69) is 0 Å². The van der Waals surface area contributed by atoms with Gasteiger partial charge < -0.3 is 5.11 Å². The van der Waals surface area contributed by atoms with Crippen LogP contribution in [0.25, 0.3) is 0 Å². The fourth-order valence-electron chi connectivity index (χ4n) is 0.982. The van der Waals surface area contributed by atoms with Gasteiger partial charge in [0.05, 0.1) is 0 Å². The molecule has 0 amide bonds. The SMILES string of the molecule is O=C(O)C(F)(OC(F)(F)C(F)(OC(F)(F)C(F)(F)F)C(F)(F)F)C(F)(F)F.[Na]. The molecule has 1 radical (unpaired) electrons. The van der Waals surface area contributed by atoms with Crippen LogP contribution in [-0.4, -0.2) is 83.1 Å². The van der Waals surface area contributed by atoms with E-state index in [1.807, 2.05) is 0 Å². The molecule has 4 nitrogen and oxygen atoms in total. The van der Waals surface area contributed by atoms with Crippen LogP contribution in [0.15, 0.2) is 0 Å². The molecular formula is C8HF15NaO4. The molecule has 0 spiro atoms. The first kappa shape index (κ1) is 29.5. The Kier molecular flexibility index (Phi) is 8.31. The van der Waals surface area contributed by atoms with Crippen molar-refractivity contribution in [2.24, 2.45) is 0 Å². The Hall–Kier alpha value is -0.660. The second-order valence-electron chi connectivity index (χ2n) is 4.23. The molecule has 20 heteroatoms. The quantitative estimate of drug-likeness (QED) is 0.474. The van der Waals surface area contributed by atoms with Gasteiger partial charge in [-0.15, -0.1) is 0 Å². The Bertz CT molecular complexity index is 568. The summed E-state index contributed by atoms with van der Waals surface area (Å²) in [5, 5.41) is 7.84. The predicted molar refractivity (Wildman–Crippen MR) is 51.3 cm³/mol. The van der Waals surface area contributed by atoms with Crippen LogP contribution in [0.5, 0.6) is 0 Å². The fraction of sp³-hybridized carbons (Fsp3) is 0.875. The topological polar surface area (TPSA) is 55.8 Å². The van der Waals surface area contributed by atoms with Crippen LogP contribution in [0.4, 0.5) is 65.9 Å². The van der Waals surface area contributed by atoms with Gasteiger partial charge in [0, 0.05) is 29.6 Å². The average Bonchev–Trinajstić information content (AvgIpc) is 2.32. The first-order valence-electron chi connectivity index (χ1n) is 5.33. The molecule has 0 fully saturated rings. The van der Waals surface area contributed by atoms with E-state index >= 15 is 0 Å². The van der Waals surface area contributed by atoms with Crippen LogP contribution < -0.4 is 0 Å². The Balaban J connectivity index is 0. The maximum Gasteiger partial charge on any atom is 0.483 e. The van der Waals surface area contributed by atoms with Crippen LogP contribution in [0, 0.1) is 0 Å². The first-order valence-corrected chi connectivity index (χ1v) is 5.33. The van der Waals surface area contributed by atoms with E-state index in [9.17, 15) is 70.7 Å². The number of carbonyl (C=O) groups is 1. The summed E-state index contributed by atoms with van der Waals surface area (Å²) in [4.78, 5) is 10.0. The molecule has 28 heavy (non-hydrogen) atoms. The molecule has 163 valence electrons. The molecule has 2 unspecified atom stereocenters. The van der Waals surface area contributed by atoms with Crippen molar-refractivity contribution >= 4 is 35.5 Å². The molecule has 0 heterocycles. The molecular weight excluding hydrogens is 468 g/mol. The second kappa shape index (κ2) is 7.88. The Morgan fingerprint density at radius 3 is 1.14 bits per heavy atom. The average molecular weight is 469 g/mol. The zero-order valence-corrected chi connectivity index (χ0v) is 14.3. The third-order valence-electron chi connectivity index (χ3n) is 2.25. The van der Waals surface area contributed by atoms with Crippen LogP contribution in [0.3, 0.4) is 0 Å². The molecule has 0 rings (SSSR count). The second-order valence-corrected chi connectivity index (χ2v) is 4.23. The minimum Gasteiger partial charge on any atom is -0.477 e. The minimum absolute atomic E-state index is 0. The third kappa shape index (κ3) is 5.28. The van der Waals surface area contributed by atoms with Crippen molar-refractivity contribution in [1.82, 2.24) is 0 Å². The Labute approximate surface area is 163 Å². The van der Waals surface area contributed by atoms with Crippen molar-refractivity contribution in [3.8, 4) is 0 Å². The summed E-state index contributed by atoms with van der Waals surface area (Å²) in [5.74, 6) is -18.9. The molecule has 0 aliphatic heterocycles. The van der Waals surface area contributed by atoms with E-state index in [0.717, 1.165) is 0 Å². The summed E-state index contributed by atoms with van der Waals surface area (Å²) in [6.45, 7) is 0. The molecule has 1 N–H and O–H groups in total. The number of carboxylic acids is 1. The van der Waals surface area contributed by atoms with Gasteiger partial charge in [0.25, 0.3) is 0 Å². The summed E-state index contributed by atoms with van der Waals surface area (Å²) in [6, 6.07) is 0. The normalized spacial score (nSPS) is 18.7. The van der Waals surface area contributed by atoms with Gasteiger partial charge in [0.1, 0.15) is 0 Å². The molecule has 2 atom stereocenters. The molecule has 0 aliphatic rings. The first-order chi connectivity index (χ1) is 11.4. The summed E-state index contributed by atoms with van der Waals surface area (Å²) >= 11 is 0. The van der Waals surface area contributed by atoms with Crippen molar-refractivity contribution in [3.63, 3.8) is 0 Å². The Morgan fingerprint density at radius 1 is 0.571 bits per heavy atom. The van der Waals surface area contributed by atoms with E-state index in [1.54, 1.807) is 4.74 Å². The Morgan fingerprint density at radius 2 is 0.929 bits per heavy atom. The van der Waals surface area contributed by atoms with E-state index in [-0.39, 0.29) is 29.6 Å². The number of rotatable bonds is 6. The van der Waals surface area contributed by atoms with E-state index in [4.69, 9.17) is 5.11 Å². The number of aliphatic carboxylic acids is 1. The summed E-state index contributed by atoms with van der Waals surface area (Å²) < 4.78 is 189. The molecule has 0 saturated carbocycles. The van der Waals surface area contributed by atoms with E-state index < -0.39 is 48.4 Å². The summed E-state index contributed by atoms with van der Waals surface area (Å²) in [5.41, 5.74) is 0. The molecule has 0 aromatic rings. The maximum absolute atomic E-state index is 13.4. The maximum atomic E-state index is 13.4. The fourth-order valence-corrected chi connectivity index (χ4v) is 0.982. The van der Waals surface area contributed by atoms with Gasteiger partial charge in [-0.2, -0.15) is 65.9 Å². The van der Waals surface area contributed by atoms with E-state index in [0.29, 0.717) is 0 Å².